The predicted octanol–water partition coefficient (Wildman–Crippen LogP) is 3.59. The highest BCUT2D eigenvalue weighted by Gasteiger charge is 2.17. The molecule has 2 amide bonds. The monoisotopic (exact) mass is 465 g/mol. The first kappa shape index (κ1) is 21.2. The van der Waals surface area contributed by atoms with Crippen molar-refractivity contribution >= 4 is 38.5 Å². The van der Waals surface area contributed by atoms with Crippen LogP contribution in [0.1, 0.15) is 28.9 Å². The van der Waals surface area contributed by atoms with E-state index in [1.807, 2.05) is 36.4 Å². The van der Waals surface area contributed by atoms with Gasteiger partial charge in [-0.05, 0) is 44.1 Å². The second-order valence-electron chi connectivity index (χ2n) is 7.86. The van der Waals surface area contributed by atoms with Crippen molar-refractivity contribution in [3.8, 4) is 11.5 Å². The highest BCUT2D eigenvalue weighted by atomic mass is 32.1. The Morgan fingerprint density at radius 1 is 1.21 bits per heavy atom. The second-order valence-corrected chi connectivity index (χ2v) is 8.87. The standard InChI is InChI=1S/C23H23N5O4S/c29-21(30)18-13-26-23-28(18)17-6-5-16(11-20(17)33-23)32-19-4-2-1-3-14(19)12-25-22(31)27-15-7-9-24-10-8-15/h1-6,11,13,15,24H,7-10,12H2,(H,29,30)(H2,25,27,31). The van der Waals surface area contributed by atoms with Gasteiger partial charge in [0.1, 0.15) is 11.5 Å². The van der Waals surface area contributed by atoms with Crippen molar-refractivity contribution in [2.45, 2.75) is 25.4 Å². The Labute approximate surface area is 193 Å². The zero-order valence-corrected chi connectivity index (χ0v) is 18.5. The Hall–Kier alpha value is -3.63. The number of carbonyl (C=O) groups is 2. The molecule has 2 aromatic heterocycles. The van der Waals surface area contributed by atoms with E-state index in [0.29, 0.717) is 23.0 Å². The minimum atomic E-state index is -1.02. The summed E-state index contributed by atoms with van der Waals surface area (Å²) in [6, 6.07) is 13.1. The SMILES string of the molecule is O=C(NCc1ccccc1Oc1ccc2c(c1)sc1ncc(C(=O)O)n12)NC1CCNCC1. The molecule has 9 nitrogen and oxygen atoms in total. The second kappa shape index (κ2) is 9.08. The normalized spacial score (nSPS) is 14.4. The van der Waals surface area contributed by atoms with Gasteiger partial charge < -0.3 is 25.8 Å². The number of benzene rings is 2. The molecule has 1 fully saturated rings. The molecule has 0 atom stereocenters. The lowest BCUT2D eigenvalue weighted by Gasteiger charge is -2.23. The molecule has 0 spiro atoms. The molecular weight excluding hydrogens is 442 g/mol. The summed E-state index contributed by atoms with van der Waals surface area (Å²) in [5, 5.41) is 18.6. The lowest BCUT2D eigenvalue weighted by Crippen LogP contribution is -2.46. The molecule has 0 bridgehead atoms. The third-order valence-electron chi connectivity index (χ3n) is 5.64. The van der Waals surface area contributed by atoms with E-state index < -0.39 is 5.97 Å². The minimum absolute atomic E-state index is 0.129. The van der Waals surface area contributed by atoms with E-state index in [1.54, 1.807) is 10.5 Å². The van der Waals surface area contributed by atoms with Crippen LogP contribution >= 0.6 is 11.3 Å². The summed E-state index contributed by atoms with van der Waals surface area (Å²) in [6.45, 7) is 2.17. The summed E-state index contributed by atoms with van der Waals surface area (Å²) < 4.78 is 8.63. The summed E-state index contributed by atoms with van der Waals surface area (Å²) in [6.07, 6.45) is 3.22. The zero-order chi connectivity index (χ0) is 22.8. The van der Waals surface area contributed by atoms with Gasteiger partial charge in [0.2, 0.25) is 0 Å². The third kappa shape index (κ3) is 4.48. The van der Waals surface area contributed by atoms with Crippen molar-refractivity contribution in [2.75, 3.05) is 13.1 Å². The number of nitrogens with zero attached hydrogens (tertiary/aromatic N) is 2. The summed E-state index contributed by atoms with van der Waals surface area (Å²) in [5.41, 5.74) is 1.75. The lowest BCUT2D eigenvalue weighted by molar-refractivity contribution is 0.0690. The summed E-state index contributed by atoms with van der Waals surface area (Å²) >= 11 is 1.40. The fourth-order valence-electron chi connectivity index (χ4n) is 3.97. The Morgan fingerprint density at radius 2 is 2.03 bits per heavy atom. The Bertz CT molecular complexity index is 1330. The third-order valence-corrected chi connectivity index (χ3v) is 6.65. The molecule has 4 N–H and O–H groups in total. The number of para-hydroxylation sites is 1. The minimum Gasteiger partial charge on any atom is -0.477 e. The molecule has 1 aliphatic rings. The number of carboxylic acids is 1. The van der Waals surface area contributed by atoms with Crippen LogP contribution in [0, 0.1) is 0 Å². The highest BCUT2D eigenvalue weighted by Crippen LogP contribution is 2.33. The van der Waals surface area contributed by atoms with Gasteiger partial charge in [-0.1, -0.05) is 29.5 Å². The molecule has 170 valence electrons. The van der Waals surface area contributed by atoms with Crippen LogP contribution in [-0.2, 0) is 6.54 Å². The highest BCUT2D eigenvalue weighted by molar-refractivity contribution is 7.23. The van der Waals surface area contributed by atoms with Gasteiger partial charge in [0.15, 0.2) is 10.7 Å². The summed E-state index contributed by atoms with van der Waals surface area (Å²) in [5.74, 6) is 0.246. The Balaban J connectivity index is 1.30. The number of nitrogens with one attached hydrogen (secondary N) is 3. The number of hydrogen-bond donors (Lipinski definition) is 4. The molecule has 5 rings (SSSR count). The van der Waals surface area contributed by atoms with Crippen molar-refractivity contribution in [3.05, 3.63) is 59.9 Å². The number of aromatic nitrogens is 2. The molecule has 0 unspecified atom stereocenters. The van der Waals surface area contributed by atoms with Crippen molar-refractivity contribution < 1.29 is 19.4 Å². The van der Waals surface area contributed by atoms with Crippen LogP contribution in [0.25, 0.3) is 15.2 Å². The Kier molecular flexibility index (Phi) is 5.84. The van der Waals surface area contributed by atoms with Crippen molar-refractivity contribution in [2.24, 2.45) is 0 Å². The quantitative estimate of drug-likeness (QED) is 0.346. The van der Waals surface area contributed by atoms with Crippen LogP contribution in [0.3, 0.4) is 0 Å². The molecule has 0 aliphatic carbocycles. The van der Waals surface area contributed by atoms with Gasteiger partial charge in [-0.15, -0.1) is 0 Å². The van der Waals surface area contributed by atoms with Gasteiger partial charge >= 0.3 is 12.0 Å². The number of carboxylic acid groups (broad SMARTS) is 1. The fourth-order valence-corrected chi connectivity index (χ4v) is 5.00. The first-order chi connectivity index (χ1) is 16.1. The first-order valence-electron chi connectivity index (χ1n) is 10.7. The van der Waals surface area contributed by atoms with Gasteiger partial charge in [0.25, 0.3) is 0 Å². The lowest BCUT2D eigenvalue weighted by atomic mass is 10.1. The van der Waals surface area contributed by atoms with Crippen molar-refractivity contribution in [3.63, 3.8) is 0 Å². The van der Waals surface area contributed by atoms with Crippen molar-refractivity contribution in [1.82, 2.24) is 25.3 Å². The molecule has 10 heteroatoms. The maximum Gasteiger partial charge on any atom is 0.354 e. The van der Waals surface area contributed by atoms with Gasteiger partial charge in [0.05, 0.1) is 16.4 Å². The number of hydrogen-bond acceptors (Lipinski definition) is 6. The van der Waals surface area contributed by atoms with Crippen LogP contribution in [0.15, 0.2) is 48.7 Å². The van der Waals surface area contributed by atoms with E-state index in [1.165, 1.54) is 17.5 Å². The fraction of sp³-hybridized carbons (Fsp3) is 0.261. The number of aromatic carboxylic acids is 1. The van der Waals surface area contributed by atoms with Crippen LogP contribution < -0.4 is 20.7 Å². The van der Waals surface area contributed by atoms with E-state index in [-0.39, 0.29) is 17.8 Å². The van der Waals surface area contributed by atoms with Crippen LogP contribution in [0.5, 0.6) is 11.5 Å². The summed E-state index contributed by atoms with van der Waals surface area (Å²) in [4.78, 5) is 28.6. The smallest absolute Gasteiger partial charge is 0.354 e. The molecule has 3 heterocycles. The van der Waals surface area contributed by atoms with E-state index in [2.05, 4.69) is 20.9 Å². The summed E-state index contributed by atoms with van der Waals surface area (Å²) in [7, 11) is 0. The number of ether oxygens (including phenoxy) is 1. The molecule has 0 saturated carbocycles. The van der Waals surface area contributed by atoms with Crippen LogP contribution in [0.2, 0.25) is 0 Å². The molecule has 1 saturated heterocycles. The molecular formula is C23H23N5O4S. The molecule has 2 aromatic carbocycles. The molecule has 33 heavy (non-hydrogen) atoms. The number of thiazole rings is 1. The number of urea groups is 1. The number of imidazole rings is 1. The van der Waals surface area contributed by atoms with Gasteiger partial charge in [-0.3, -0.25) is 4.40 Å². The largest absolute Gasteiger partial charge is 0.477 e. The topological polar surface area (TPSA) is 117 Å². The number of fused-ring (bicyclic) bond motifs is 3. The first-order valence-corrected chi connectivity index (χ1v) is 11.5. The predicted molar refractivity (Wildman–Crippen MR) is 125 cm³/mol. The number of amides is 2. The van der Waals surface area contributed by atoms with Crippen molar-refractivity contribution in [1.29, 1.82) is 0 Å². The Morgan fingerprint density at radius 3 is 2.85 bits per heavy atom. The van der Waals surface area contributed by atoms with Gasteiger partial charge in [-0.2, -0.15) is 0 Å². The average Bonchev–Trinajstić information content (AvgIpc) is 3.38. The average molecular weight is 466 g/mol. The van der Waals surface area contributed by atoms with E-state index >= 15 is 0 Å². The van der Waals surface area contributed by atoms with Crippen LogP contribution in [0.4, 0.5) is 4.79 Å². The maximum atomic E-state index is 12.3. The zero-order valence-electron chi connectivity index (χ0n) is 17.7. The van der Waals surface area contributed by atoms with E-state index in [4.69, 9.17) is 4.74 Å². The number of rotatable bonds is 6. The van der Waals surface area contributed by atoms with E-state index in [0.717, 1.165) is 41.7 Å². The maximum absolute atomic E-state index is 12.3. The van der Waals surface area contributed by atoms with Crippen LogP contribution in [-0.4, -0.2) is 45.6 Å². The number of piperidine rings is 1. The molecule has 0 radical (unpaired) electrons. The van der Waals surface area contributed by atoms with Gasteiger partial charge in [-0.25, -0.2) is 14.6 Å². The molecule has 4 aromatic rings. The molecule has 1 aliphatic heterocycles. The van der Waals surface area contributed by atoms with E-state index in [9.17, 15) is 14.7 Å². The van der Waals surface area contributed by atoms with Gasteiger partial charge in [0, 0.05) is 24.2 Å². The number of carbonyl (C=O) groups excluding carboxylic acids is 1.